The Morgan fingerprint density at radius 2 is 1.97 bits per heavy atom. The van der Waals surface area contributed by atoms with Gasteiger partial charge in [0.05, 0.1) is 6.54 Å². The molecule has 38 heavy (non-hydrogen) atoms. The number of hydrogen-bond acceptors (Lipinski definition) is 7. The zero-order valence-corrected chi connectivity index (χ0v) is 22.2. The van der Waals surface area contributed by atoms with Crippen molar-refractivity contribution in [1.29, 1.82) is 5.41 Å². The molecule has 0 spiro atoms. The first-order chi connectivity index (χ1) is 18.2. The molecular weight excluding hydrogens is 480 g/mol. The smallest absolute Gasteiger partial charge is 0.330 e. The van der Waals surface area contributed by atoms with E-state index in [4.69, 9.17) is 5.41 Å². The topological polar surface area (TPSA) is 126 Å². The van der Waals surface area contributed by atoms with E-state index < -0.39 is 0 Å². The number of hydrogen-bond donors (Lipinski definition) is 4. The molecule has 1 aliphatic heterocycles. The summed E-state index contributed by atoms with van der Waals surface area (Å²) in [5.74, 6) is 1.25. The van der Waals surface area contributed by atoms with Crippen LogP contribution < -0.4 is 20.9 Å². The summed E-state index contributed by atoms with van der Waals surface area (Å²) in [6, 6.07) is 7.23. The van der Waals surface area contributed by atoms with Crippen LogP contribution in [0.4, 0.5) is 16.6 Å². The first-order valence-corrected chi connectivity index (χ1v) is 12.2. The number of aromatic nitrogens is 2. The van der Waals surface area contributed by atoms with Crippen molar-refractivity contribution in [1.82, 2.24) is 25.5 Å². The van der Waals surface area contributed by atoms with Crippen LogP contribution in [0.1, 0.15) is 41.8 Å². The van der Waals surface area contributed by atoms with Crippen molar-refractivity contribution in [2.24, 2.45) is 0 Å². The second kappa shape index (κ2) is 11.1. The van der Waals surface area contributed by atoms with E-state index in [1.165, 1.54) is 4.90 Å². The van der Waals surface area contributed by atoms with E-state index in [1.54, 1.807) is 44.3 Å². The lowest BCUT2D eigenvalue weighted by atomic mass is 10.1. The second-order valence-corrected chi connectivity index (χ2v) is 9.24. The highest BCUT2D eigenvalue weighted by Crippen LogP contribution is 2.31. The summed E-state index contributed by atoms with van der Waals surface area (Å²) in [5, 5.41) is 16.7. The fourth-order valence-electron chi connectivity index (χ4n) is 4.23. The van der Waals surface area contributed by atoms with Gasteiger partial charge in [-0.1, -0.05) is 29.8 Å². The van der Waals surface area contributed by atoms with Gasteiger partial charge in [0, 0.05) is 54.9 Å². The van der Waals surface area contributed by atoms with Crippen LogP contribution in [-0.4, -0.2) is 46.6 Å². The van der Waals surface area contributed by atoms with E-state index in [0.29, 0.717) is 41.8 Å². The molecule has 2 aliphatic rings. The normalized spacial score (nSPS) is 15.6. The van der Waals surface area contributed by atoms with Crippen molar-refractivity contribution < 1.29 is 9.59 Å². The van der Waals surface area contributed by atoms with Gasteiger partial charge in [-0.05, 0) is 50.6 Å². The third-order valence-corrected chi connectivity index (χ3v) is 6.18. The summed E-state index contributed by atoms with van der Waals surface area (Å²) in [5.41, 5.74) is 5.21. The molecule has 0 saturated carbocycles. The molecule has 2 aromatic rings. The summed E-state index contributed by atoms with van der Waals surface area (Å²) >= 11 is 0. The van der Waals surface area contributed by atoms with Gasteiger partial charge in [-0.2, -0.15) is 4.98 Å². The van der Waals surface area contributed by atoms with Gasteiger partial charge in [-0.25, -0.2) is 9.78 Å². The Bertz CT molecular complexity index is 1420. The first kappa shape index (κ1) is 26.3. The van der Waals surface area contributed by atoms with Gasteiger partial charge in [0.25, 0.3) is 5.91 Å². The number of benzene rings is 1. The Balaban J connectivity index is 1.52. The van der Waals surface area contributed by atoms with Gasteiger partial charge < -0.3 is 21.4 Å². The number of fused-ring (bicyclic) bond motifs is 1. The summed E-state index contributed by atoms with van der Waals surface area (Å²) in [7, 11) is 3.42. The molecule has 1 aromatic carbocycles. The van der Waals surface area contributed by atoms with E-state index in [-0.39, 0.29) is 11.9 Å². The molecule has 2 heterocycles. The van der Waals surface area contributed by atoms with Crippen LogP contribution >= 0.6 is 0 Å². The molecule has 4 N–H and O–H groups in total. The maximum absolute atomic E-state index is 13.4. The summed E-state index contributed by atoms with van der Waals surface area (Å²) in [6.07, 6.45) is 9.53. The Labute approximate surface area is 222 Å². The summed E-state index contributed by atoms with van der Waals surface area (Å²) in [6.45, 7) is 5.88. The molecule has 10 nitrogen and oxygen atoms in total. The highest BCUT2D eigenvalue weighted by molar-refractivity contribution is 5.96. The molecule has 0 radical (unpaired) electrons. The molecule has 1 aromatic heterocycles. The Morgan fingerprint density at radius 3 is 2.68 bits per heavy atom. The number of nitrogens with zero attached hydrogens (tertiary/aromatic N) is 4. The molecule has 10 heteroatoms. The molecule has 0 saturated heterocycles. The van der Waals surface area contributed by atoms with Crippen LogP contribution in [0.3, 0.4) is 0 Å². The van der Waals surface area contributed by atoms with Gasteiger partial charge in [0.1, 0.15) is 11.6 Å². The molecule has 3 amide bonds. The quantitative estimate of drug-likeness (QED) is 0.412. The standard InChI is InChI=1S/C28H32N8O2/c1-17-7-6-8-20(13-17)26(37)32-22-10-9-18(2)23(12-11-22)36-16-21-15-31-27(33-24(30-4)14-19(3)29)34-25(21)35(5)28(36)38/h6-10,12-15,29-30H,11,16H2,1-5H3,(H,32,37)(H,31,33,34)/b24-14+,29-19?. The minimum absolute atomic E-state index is 0.167. The second-order valence-electron chi connectivity index (χ2n) is 9.24. The zero-order chi connectivity index (χ0) is 27.4. The maximum Gasteiger partial charge on any atom is 0.330 e. The number of nitrogens with one attached hydrogen (secondary N) is 4. The lowest BCUT2D eigenvalue weighted by molar-refractivity contribution is 0.0965. The van der Waals surface area contributed by atoms with Crippen molar-refractivity contribution in [3.63, 3.8) is 0 Å². The van der Waals surface area contributed by atoms with E-state index >= 15 is 0 Å². The first-order valence-electron chi connectivity index (χ1n) is 12.2. The number of carbonyl (C=O) groups excluding carboxylic acids is 2. The molecule has 0 unspecified atom stereocenters. The maximum atomic E-state index is 13.4. The van der Waals surface area contributed by atoms with Crippen LogP contribution in [0.25, 0.3) is 0 Å². The van der Waals surface area contributed by atoms with Crippen LogP contribution in [-0.2, 0) is 6.54 Å². The van der Waals surface area contributed by atoms with Crippen LogP contribution in [0.5, 0.6) is 0 Å². The summed E-state index contributed by atoms with van der Waals surface area (Å²) in [4.78, 5) is 38.3. The number of aryl methyl sites for hydroxylation is 1. The predicted molar refractivity (Wildman–Crippen MR) is 149 cm³/mol. The number of carbonyl (C=O) groups is 2. The van der Waals surface area contributed by atoms with Crippen molar-refractivity contribution in [3.05, 3.63) is 94.2 Å². The largest absolute Gasteiger partial charge is 0.375 e. The Kier molecular flexibility index (Phi) is 7.71. The van der Waals surface area contributed by atoms with Crippen molar-refractivity contribution in [2.75, 3.05) is 24.3 Å². The molecule has 4 rings (SSSR count). The molecular formula is C28H32N8O2. The Hall–Kier alpha value is -4.73. The van der Waals surface area contributed by atoms with E-state index in [2.05, 4.69) is 25.9 Å². The zero-order valence-electron chi connectivity index (χ0n) is 22.2. The average Bonchev–Trinajstić information content (AvgIpc) is 3.06. The SMILES string of the molecule is CN/C(=C\C(C)=N)Nc1ncc2c(n1)N(C)C(=O)N(C1=CCC(NC(=O)c3cccc(C)c3)=CC=C1C)C2. The minimum atomic E-state index is -0.215. The Morgan fingerprint density at radius 1 is 1.18 bits per heavy atom. The number of amides is 3. The van der Waals surface area contributed by atoms with Gasteiger partial charge in [-0.15, -0.1) is 0 Å². The van der Waals surface area contributed by atoms with Crippen molar-refractivity contribution in [3.8, 4) is 0 Å². The molecule has 0 atom stereocenters. The van der Waals surface area contributed by atoms with Gasteiger partial charge in [0.15, 0.2) is 0 Å². The number of urea groups is 1. The summed E-state index contributed by atoms with van der Waals surface area (Å²) < 4.78 is 0. The van der Waals surface area contributed by atoms with E-state index in [0.717, 1.165) is 28.1 Å². The van der Waals surface area contributed by atoms with Gasteiger partial charge in [-0.3, -0.25) is 14.6 Å². The van der Waals surface area contributed by atoms with Crippen molar-refractivity contribution >= 4 is 29.4 Å². The van der Waals surface area contributed by atoms with E-state index in [1.807, 2.05) is 50.3 Å². The fraction of sp³-hybridized carbons (Fsp3) is 0.250. The number of allylic oxidation sites excluding steroid dienone is 5. The molecule has 0 fully saturated rings. The molecule has 196 valence electrons. The van der Waals surface area contributed by atoms with Crippen LogP contribution in [0, 0.1) is 12.3 Å². The number of anilines is 2. The lowest BCUT2D eigenvalue weighted by Gasteiger charge is -2.35. The third-order valence-electron chi connectivity index (χ3n) is 6.18. The number of rotatable bonds is 7. The lowest BCUT2D eigenvalue weighted by Crippen LogP contribution is -2.45. The van der Waals surface area contributed by atoms with Gasteiger partial charge in [0.2, 0.25) is 5.95 Å². The highest BCUT2D eigenvalue weighted by Gasteiger charge is 2.32. The predicted octanol–water partition coefficient (Wildman–Crippen LogP) is 4.22. The average molecular weight is 513 g/mol. The molecule has 0 bridgehead atoms. The highest BCUT2D eigenvalue weighted by atomic mass is 16.2. The van der Waals surface area contributed by atoms with E-state index in [9.17, 15) is 9.59 Å². The third kappa shape index (κ3) is 5.80. The van der Waals surface area contributed by atoms with Crippen LogP contribution in [0.2, 0.25) is 0 Å². The monoisotopic (exact) mass is 512 g/mol. The van der Waals surface area contributed by atoms with Crippen molar-refractivity contribution in [2.45, 2.75) is 33.7 Å². The fourth-order valence-corrected chi connectivity index (χ4v) is 4.23. The van der Waals surface area contributed by atoms with Gasteiger partial charge >= 0.3 is 6.03 Å². The van der Waals surface area contributed by atoms with Crippen LogP contribution in [0.15, 0.2) is 77.6 Å². The molecule has 1 aliphatic carbocycles. The minimum Gasteiger partial charge on any atom is -0.375 e.